The van der Waals surface area contributed by atoms with Crippen molar-refractivity contribution in [2.75, 3.05) is 31.2 Å². The van der Waals surface area contributed by atoms with E-state index in [4.69, 9.17) is 5.26 Å². The molecule has 2 aliphatic heterocycles. The monoisotopic (exact) mass is 516 g/mol. The summed E-state index contributed by atoms with van der Waals surface area (Å²) in [6, 6.07) is 30.1. The van der Waals surface area contributed by atoms with E-state index in [0.29, 0.717) is 30.9 Å². The van der Waals surface area contributed by atoms with Gasteiger partial charge >= 0.3 is 0 Å². The molecule has 5 rings (SSSR count). The van der Waals surface area contributed by atoms with Crippen LogP contribution in [-0.4, -0.2) is 53.0 Å². The first-order chi connectivity index (χ1) is 19.1. The van der Waals surface area contributed by atoms with Crippen LogP contribution in [0.4, 0.5) is 5.69 Å². The van der Waals surface area contributed by atoms with E-state index in [9.17, 15) is 10.1 Å². The third kappa shape index (κ3) is 6.58. The fourth-order valence-corrected chi connectivity index (χ4v) is 5.28. The number of rotatable bonds is 8. The minimum Gasteiger partial charge on any atom is -0.371 e. The second kappa shape index (κ2) is 12.2. The maximum Gasteiger partial charge on any atom is 0.242 e. The zero-order chi connectivity index (χ0) is 27.0. The summed E-state index contributed by atoms with van der Waals surface area (Å²) >= 11 is 0. The second-order valence-electron chi connectivity index (χ2n) is 10.1. The van der Waals surface area contributed by atoms with Crippen LogP contribution in [0.15, 0.2) is 91.3 Å². The molecule has 0 aromatic heterocycles. The molecule has 1 saturated heterocycles. The predicted octanol–water partition coefficient (Wildman–Crippen LogP) is 4.67. The molecule has 2 heterocycles. The van der Waals surface area contributed by atoms with E-state index in [2.05, 4.69) is 51.1 Å². The number of amides is 1. The molecular weight excluding hydrogens is 484 g/mol. The molecule has 0 spiro atoms. The molecule has 0 radical (unpaired) electrons. The maximum atomic E-state index is 13.7. The maximum absolute atomic E-state index is 13.7. The Labute approximate surface area is 230 Å². The summed E-state index contributed by atoms with van der Waals surface area (Å²) in [6.07, 6.45) is 5.84. The number of anilines is 1. The van der Waals surface area contributed by atoms with Gasteiger partial charge in [-0.1, -0.05) is 42.5 Å². The predicted molar refractivity (Wildman–Crippen MR) is 151 cm³/mol. The Morgan fingerprint density at radius 2 is 1.38 bits per heavy atom. The van der Waals surface area contributed by atoms with Crippen LogP contribution >= 0.6 is 0 Å². The van der Waals surface area contributed by atoms with Gasteiger partial charge in [0.2, 0.25) is 5.91 Å². The molecule has 39 heavy (non-hydrogen) atoms. The number of nitrogens with zero attached hydrogens (tertiary/aromatic N) is 6. The van der Waals surface area contributed by atoms with Crippen LogP contribution in [0.25, 0.3) is 0 Å². The number of hydrogen-bond acceptors (Lipinski definition) is 6. The fraction of sp³-hybridized carbons (Fsp3) is 0.281. The molecular formula is C32H32N6O. The van der Waals surface area contributed by atoms with E-state index >= 15 is 0 Å². The molecule has 3 aromatic rings. The van der Waals surface area contributed by atoms with Gasteiger partial charge in [-0.05, 0) is 60.4 Å². The number of nitriles is 2. The van der Waals surface area contributed by atoms with E-state index in [1.165, 1.54) is 5.69 Å². The van der Waals surface area contributed by atoms with Gasteiger partial charge in [-0.15, -0.1) is 0 Å². The highest BCUT2D eigenvalue weighted by molar-refractivity contribution is 5.79. The molecule has 2 aliphatic rings. The Kier molecular flexibility index (Phi) is 8.09. The summed E-state index contributed by atoms with van der Waals surface area (Å²) in [5, 5.41) is 18.2. The normalized spacial score (nSPS) is 15.2. The summed E-state index contributed by atoms with van der Waals surface area (Å²) in [5.74, 6) is 0.113. The first-order valence-electron chi connectivity index (χ1n) is 13.4. The van der Waals surface area contributed by atoms with Crippen molar-refractivity contribution in [3.63, 3.8) is 0 Å². The number of piperidine rings is 1. The van der Waals surface area contributed by atoms with Crippen LogP contribution in [0.3, 0.4) is 0 Å². The molecule has 0 atom stereocenters. The number of carbonyl (C=O) groups is 1. The summed E-state index contributed by atoms with van der Waals surface area (Å²) in [6.45, 7) is 4.03. The van der Waals surface area contributed by atoms with Crippen LogP contribution in [0.5, 0.6) is 0 Å². The van der Waals surface area contributed by atoms with Gasteiger partial charge in [0.05, 0.1) is 36.5 Å². The molecule has 0 unspecified atom stereocenters. The summed E-state index contributed by atoms with van der Waals surface area (Å²) < 4.78 is 0. The summed E-state index contributed by atoms with van der Waals surface area (Å²) in [7, 11) is 0. The average molecular weight is 517 g/mol. The number of benzene rings is 3. The zero-order valence-corrected chi connectivity index (χ0v) is 22.0. The fourth-order valence-electron chi connectivity index (χ4n) is 5.28. The minimum atomic E-state index is 0.113. The molecule has 0 bridgehead atoms. The van der Waals surface area contributed by atoms with Crippen molar-refractivity contribution in [3.8, 4) is 12.1 Å². The van der Waals surface area contributed by atoms with Crippen LogP contribution in [0, 0.1) is 22.7 Å². The van der Waals surface area contributed by atoms with Gasteiger partial charge in [0.25, 0.3) is 0 Å². The topological polar surface area (TPSA) is 77.6 Å². The largest absolute Gasteiger partial charge is 0.371 e. The average Bonchev–Trinajstić information content (AvgIpc) is 3.43. The highest BCUT2D eigenvalue weighted by Crippen LogP contribution is 2.24. The van der Waals surface area contributed by atoms with Gasteiger partial charge in [-0.25, -0.2) is 0 Å². The minimum absolute atomic E-state index is 0.113. The molecule has 1 amide bonds. The highest BCUT2D eigenvalue weighted by atomic mass is 16.2. The summed E-state index contributed by atoms with van der Waals surface area (Å²) in [4.78, 5) is 22.4. The van der Waals surface area contributed by atoms with E-state index in [0.717, 1.165) is 43.6 Å². The standard InChI is InChI=1S/C32H32N6O/c33-20-26-6-10-28(11-7-26)22-35-18-19-36(25-35)24-32(39)38(23-29-12-8-27(21-34)9-13-29)31-14-16-37(17-15-31)30-4-2-1-3-5-30/h1-13,18-19,31H,14-17,22-25H2. The van der Waals surface area contributed by atoms with Gasteiger partial charge in [0.1, 0.15) is 0 Å². The number of hydrogen-bond donors (Lipinski definition) is 0. The first-order valence-corrected chi connectivity index (χ1v) is 13.4. The Balaban J connectivity index is 1.23. The van der Waals surface area contributed by atoms with E-state index in [1.54, 1.807) is 0 Å². The Morgan fingerprint density at radius 1 is 0.795 bits per heavy atom. The van der Waals surface area contributed by atoms with Crippen LogP contribution in [0.1, 0.15) is 35.1 Å². The van der Waals surface area contributed by atoms with Gasteiger partial charge in [0.15, 0.2) is 0 Å². The third-order valence-corrected chi connectivity index (χ3v) is 7.44. The molecule has 7 heteroatoms. The van der Waals surface area contributed by atoms with E-state index in [-0.39, 0.29) is 11.9 Å². The van der Waals surface area contributed by atoms with Crippen molar-refractivity contribution >= 4 is 11.6 Å². The number of para-hydroxylation sites is 1. The van der Waals surface area contributed by atoms with Crippen molar-refractivity contribution in [3.05, 3.63) is 114 Å². The van der Waals surface area contributed by atoms with Crippen LogP contribution in [-0.2, 0) is 17.9 Å². The van der Waals surface area contributed by atoms with Crippen LogP contribution < -0.4 is 4.90 Å². The molecule has 1 fully saturated rings. The van der Waals surface area contributed by atoms with Gasteiger partial charge in [-0.2, -0.15) is 10.5 Å². The highest BCUT2D eigenvalue weighted by Gasteiger charge is 2.29. The molecule has 0 aliphatic carbocycles. The second-order valence-corrected chi connectivity index (χ2v) is 10.1. The molecule has 7 nitrogen and oxygen atoms in total. The summed E-state index contributed by atoms with van der Waals surface area (Å²) in [5.41, 5.74) is 4.66. The lowest BCUT2D eigenvalue weighted by molar-refractivity contribution is -0.135. The SMILES string of the molecule is N#Cc1ccc(CN2C=CN(CC(=O)N(Cc3ccc(C#N)cc3)C3CCN(c4ccccc4)CC3)C2)cc1. The lowest BCUT2D eigenvalue weighted by atomic mass is 10.0. The third-order valence-electron chi connectivity index (χ3n) is 7.44. The smallest absolute Gasteiger partial charge is 0.242 e. The van der Waals surface area contributed by atoms with Gasteiger partial charge in [-0.3, -0.25) is 4.79 Å². The lowest BCUT2D eigenvalue weighted by Crippen LogP contribution is -2.49. The van der Waals surface area contributed by atoms with Crippen molar-refractivity contribution in [2.45, 2.75) is 32.0 Å². The molecule has 0 saturated carbocycles. The zero-order valence-electron chi connectivity index (χ0n) is 22.0. The van der Waals surface area contributed by atoms with Crippen molar-refractivity contribution in [2.24, 2.45) is 0 Å². The Hall–Kier alpha value is -4.75. The van der Waals surface area contributed by atoms with Crippen LogP contribution in [0.2, 0.25) is 0 Å². The Morgan fingerprint density at radius 3 is 2.00 bits per heavy atom. The quantitative estimate of drug-likeness (QED) is 0.433. The van der Waals surface area contributed by atoms with Crippen molar-refractivity contribution in [1.82, 2.24) is 14.7 Å². The molecule has 0 N–H and O–H groups in total. The van der Waals surface area contributed by atoms with Gasteiger partial charge < -0.3 is 19.6 Å². The van der Waals surface area contributed by atoms with E-state index in [1.807, 2.05) is 71.9 Å². The van der Waals surface area contributed by atoms with E-state index < -0.39 is 0 Å². The van der Waals surface area contributed by atoms with Gasteiger partial charge in [0, 0.05) is 50.3 Å². The van der Waals surface area contributed by atoms with Crippen molar-refractivity contribution < 1.29 is 4.79 Å². The molecule has 196 valence electrons. The molecule has 3 aromatic carbocycles. The first kappa shape index (κ1) is 25.9. The Bertz CT molecular complexity index is 1360. The number of carbonyl (C=O) groups excluding carboxylic acids is 1. The lowest BCUT2D eigenvalue weighted by Gasteiger charge is -2.40. The van der Waals surface area contributed by atoms with Crippen molar-refractivity contribution in [1.29, 1.82) is 10.5 Å².